The summed E-state index contributed by atoms with van der Waals surface area (Å²) in [5, 5.41) is 30.1. The Labute approximate surface area is 148 Å². The highest BCUT2D eigenvalue weighted by Crippen LogP contribution is 2.28. The molecular formula is C20H26O5. The van der Waals surface area contributed by atoms with Crippen LogP contribution in [-0.2, 0) is 12.8 Å². The van der Waals surface area contributed by atoms with Gasteiger partial charge in [0, 0.05) is 12.8 Å². The first-order valence-electron chi connectivity index (χ1n) is 8.37. The molecule has 2 aromatic rings. The SMILES string of the molecule is COc1ccc(CCCC(O)(O)CCc2ccc(OC)c(O)c2)cc1. The van der Waals surface area contributed by atoms with E-state index in [-0.39, 0.29) is 12.2 Å². The molecule has 0 aliphatic carbocycles. The summed E-state index contributed by atoms with van der Waals surface area (Å²) in [6.45, 7) is 0. The number of phenols is 1. The molecule has 136 valence electrons. The van der Waals surface area contributed by atoms with E-state index in [2.05, 4.69) is 0 Å². The highest BCUT2D eigenvalue weighted by Gasteiger charge is 2.22. The molecule has 0 amide bonds. The van der Waals surface area contributed by atoms with Crippen molar-refractivity contribution < 1.29 is 24.8 Å². The van der Waals surface area contributed by atoms with Gasteiger partial charge in [-0.15, -0.1) is 0 Å². The fourth-order valence-corrected chi connectivity index (χ4v) is 2.73. The van der Waals surface area contributed by atoms with E-state index in [1.807, 2.05) is 30.3 Å². The van der Waals surface area contributed by atoms with Gasteiger partial charge in [0.25, 0.3) is 0 Å². The van der Waals surface area contributed by atoms with Gasteiger partial charge >= 0.3 is 0 Å². The largest absolute Gasteiger partial charge is 0.504 e. The Morgan fingerprint density at radius 2 is 1.52 bits per heavy atom. The van der Waals surface area contributed by atoms with Crippen molar-refractivity contribution in [3.8, 4) is 17.2 Å². The Bertz CT molecular complexity index is 664. The van der Waals surface area contributed by atoms with E-state index in [4.69, 9.17) is 9.47 Å². The fraction of sp³-hybridized carbons (Fsp3) is 0.400. The zero-order valence-corrected chi connectivity index (χ0v) is 14.7. The molecule has 25 heavy (non-hydrogen) atoms. The average Bonchev–Trinajstić information content (AvgIpc) is 2.61. The molecule has 0 aliphatic heterocycles. The van der Waals surface area contributed by atoms with Crippen LogP contribution in [0.3, 0.4) is 0 Å². The number of aryl methyl sites for hydroxylation is 2. The van der Waals surface area contributed by atoms with E-state index >= 15 is 0 Å². The third-order valence-corrected chi connectivity index (χ3v) is 4.26. The van der Waals surface area contributed by atoms with Crippen LogP contribution in [0.1, 0.15) is 30.4 Å². The van der Waals surface area contributed by atoms with Gasteiger partial charge in [-0.2, -0.15) is 0 Å². The van der Waals surface area contributed by atoms with Crippen LogP contribution in [0.4, 0.5) is 0 Å². The number of hydrogen-bond acceptors (Lipinski definition) is 5. The van der Waals surface area contributed by atoms with E-state index in [9.17, 15) is 15.3 Å². The highest BCUT2D eigenvalue weighted by atomic mass is 16.5. The topological polar surface area (TPSA) is 79.2 Å². The number of ether oxygens (including phenoxy) is 2. The van der Waals surface area contributed by atoms with Gasteiger partial charge in [0.15, 0.2) is 17.3 Å². The smallest absolute Gasteiger partial charge is 0.162 e. The molecule has 0 heterocycles. The number of benzene rings is 2. The quantitative estimate of drug-likeness (QED) is 0.608. The van der Waals surface area contributed by atoms with Gasteiger partial charge in [0.1, 0.15) is 5.75 Å². The van der Waals surface area contributed by atoms with Crippen LogP contribution in [0.25, 0.3) is 0 Å². The second kappa shape index (κ2) is 8.74. The molecule has 0 unspecified atom stereocenters. The van der Waals surface area contributed by atoms with Crippen molar-refractivity contribution in [2.45, 2.75) is 37.9 Å². The van der Waals surface area contributed by atoms with Crippen LogP contribution in [0.5, 0.6) is 17.2 Å². The van der Waals surface area contributed by atoms with Gasteiger partial charge < -0.3 is 24.8 Å². The Hall–Kier alpha value is -2.24. The van der Waals surface area contributed by atoms with E-state index in [1.54, 1.807) is 19.2 Å². The van der Waals surface area contributed by atoms with Crippen molar-refractivity contribution in [1.82, 2.24) is 0 Å². The summed E-state index contributed by atoms with van der Waals surface area (Å²) >= 11 is 0. The van der Waals surface area contributed by atoms with Crippen molar-refractivity contribution in [3.63, 3.8) is 0 Å². The first-order chi connectivity index (χ1) is 11.9. The van der Waals surface area contributed by atoms with Crippen LogP contribution in [-0.4, -0.2) is 35.3 Å². The standard InChI is InChI=1S/C20H26O5/c1-24-17-8-5-15(6-9-17)4-3-12-20(22,23)13-11-16-7-10-19(25-2)18(21)14-16/h5-10,14,21-23H,3-4,11-13H2,1-2H3. The van der Waals surface area contributed by atoms with Gasteiger partial charge in [-0.25, -0.2) is 0 Å². The molecule has 3 N–H and O–H groups in total. The van der Waals surface area contributed by atoms with Crippen LogP contribution in [0.2, 0.25) is 0 Å². The second-order valence-electron chi connectivity index (χ2n) is 6.19. The molecule has 5 nitrogen and oxygen atoms in total. The van der Waals surface area contributed by atoms with Crippen LogP contribution in [0, 0.1) is 0 Å². The molecule has 5 heteroatoms. The number of phenolic OH excluding ortho intramolecular Hbond substituents is 1. The predicted octanol–water partition coefficient (Wildman–Crippen LogP) is 3.05. The summed E-state index contributed by atoms with van der Waals surface area (Å²) in [4.78, 5) is 0. The lowest BCUT2D eigenvalue weighted by molar-refractivity contribution is -0.170. The molecule has 2 rings (SSSR count). The van der Waals surface area contributed by atoms with Crippen molar-refractivity contribution in [2.75, 3.05) is 14.2 Å². The Kier molecular flexibility index (Phi) is 6.67. The van der Waals surface area contributed by atoms with Crippen LogP contribution in [0.15, 0.2) is 42.5 Å². The Morgan fingerprint density at radius 1 is 0.840 bits per heavy atom. The van der Waals surface area contributed by atoms with Crippen LogP contribution >= 0.6 is 0 Å². The normalized spacial score (nSPS) is 11.4. The van der Waals surface area contributed by atoms with Crippen molar-refractivity contribution >= 4 is 0 Å². The van der Waals surface area contributed by atoms with Crippen molar-refractivity contribution in [2.24, 2.45) is 0 Å². The van der Waals surface area contributed by atoms with Crippen molar-refractivity contribution in [1.29, 1.82) is 0 Å². The van der Waals surface area contributed by atoms with Gasteiger partial charge in [-0.3, -0.25) is 0 Å². The number of aliphatic hydroxyl groups is 2. The highest BCUT2D eigenvalue weighted by molar-refractivity contribution is 5.41. The fourth-order valence-electron chi connectivity index (χ4n) is 2.73. The summed E-state index contributed by atoms with van der Waals surface area (Å²) in [6.07, 6.45) is 2.42. The predicted molar refractivity (Wildman–Crippen MR) is 96.1 cm³/mol. The summed E-state index contributed by atoms with van der Waals surface area (Å²) in [5.41, 5.74) is 1.97. The number of aromatic hydroxyl groups is 1. The number of rotatable bonds is 9. The summed E-state index contributed by atoms with van der Waals surface area (Å²) < 4.78 is 10.1. The molecule has 0 atom stereocenters. The maximum absolute atomic E-state index is 10.2. The minimum Gasteiger partial charge on any atom is -0.504 e. The van der Waals surface area contributed by atoms with E-state index < -0.39 is 5.79 Å². The Balaban J connectivity index is 1.79. The molecular weight excluding hydrogens is 320 g/mol. The lowest BCUT2D eigenvalue weighted by atomic mass is 9.98. The minimum absolute atomic E-state index is 0.0565. The zero-order valence-electron chi connectivity index (χ0n) is 14.7. The molecule has 0 aromatic heterocycles. The molecule has 0 aliphatic rings. The van der Waals surface area contributed by atoms with Crippen molar-refractivity contribution in [3.05, 3.63) is 53.6 Å². The minimum atomic E-state index is -1.72. The van der Waals surface area contributed by atoms with E-state index in [0.29, 0.717) is 25.0 Å². The van der Waals surface area contributed by atoms with E-state index in [1.165, 1.54) is 7.11 Å². The maximum Gasteiger partial charge on any atom is 0.162 e. The molecule has 0 saturated heterocycles. The number of hydrogen-bond donors (Lipinski definition) is 3. The third-order valence-electron chi connectivity index (χ3n) is 4.26. The Morgan fingerprint density at radius 3 is 2.12 bits per heavy atom. The summed E-state index contributed by atoms with van der Waals surface area (Å²) in [6, 6.07) is 12.8. The zero-order chi connectivity index (χ0) is 18.3. The lowest BCUT2D eigenvalue weighted by Gasteiger charge is -2.22. The van der Waals surface area contributed by atoms with Gasteiger partial charge in [0.05, 0.1) is 14.2 Å². The van der Waals surface area contributed by atoms with Gasteiger partial charge in [-0.1, -0.05) is 18.2 Å². The van der Waals surface area contributed by atoms with Gasteiger partial charge in [0.2, 0.25) is 0 Å². The second-order valence-corrected chi connectivity index (χ2v) is 6.19. The molecule has 0 radical (unpaired) electrons. The average molecular weight is 346 g/mol. The lowest BCUT2D eigenvalue weighted by Crippen LogP contribution is -2.28. The molecule has 2 aromatic carbocycles. The molecule has 0 bridgehead atoms. The molecule has 0 saturated carbocycles. The van der Waals surface area contributed by atoms with Crippen LogP contribution < -0.4 is 9.47 Å². The molecule has 0 spiro atoms. The molecule has 0 fully saturated rings. The first-order valence-corrected chi connectivity index (χ1v) is 8.37. The summed E-state index contributed by atoms with van der Waals surface area (Å²) in [5.74, 6) is -0.448. The monoisotopic (exact) mass is 346 g/mol. The number of methoxy groups -OCH3 is 2. The first kappa shape index (κ1) is 19.1. The maximum atomic E-state index is 10.2. The van der Waals surface area contributed by atoms with E-state index in [0.717, 1.165) is 23.3 Å². The third kappa shape index (κ3) is 5.96. The summed E-state index contributed by atoms with van der Waals surface area (Å²) in [7, 11) is 3.12. The van der Waals surface area contributed by atoms with Gasteiger partial charge in [-0.05, 0) is 54.7 Å².